The number of aliphatic hydroxyl groups excluding tert-OH is 1. The second-order valence-electron chi connectivity index (χ2n) is 5.95. The summed E-state index contributed by atoms with van der Waals surface area (Å²) in [6.07, 6.45) is 0. The number of esters is 1. The lowest BCUT2D eigenvalue weighted by molar-refractivity contribution is -0.163. The number of ketones is 1. The monoisotopic (exact) mass is 302 g/mol. The third-order valence-electron chi connectivity index (χ3n) is 4.51. The summed E-state index contributed by atoms with van der Waals surface area (Å²) >= 11 is 0. The first-order chi connectivity index (χ1) is 10.4. The molecule has 2 atom stereocenters. The van der Waals surface area contributed by atoms with Crippen LogP contribution >= 0.6 is 0 Å². The van der Waals surface area contributed by atoms with Crippen molar-refractivity contribution in [3.05, 3.63) is 47.2 Å². The van der Waals surface area contributed by atoms with Gasteiger partial charge in [0.2, 0.25) is 5.78 Å². The van der Waals surface area contributed by atoms with Crippen LogP contribution in [0, 0.1) is 11.3 Å². The first-order valence-electron chi connectivity index (χ1n) is 7.55. The van der Waals surface area contributed by atoms with Crippen molar-refractivity contribution in [2.45, 2.75) is 33.6 Å². The van der Waals surface area contributed by atoms with E-state index in [0.29, 0.717) is 5.57 Å². The lowest BCUT2D eigenvalue weighted by Crippen LogP contribution is -2.47. The predicted octanol–water partition coefficient (Wildman–Crippen LogP) is 3.39. The fourth-order valence-electron chi connectivity index (χ4n) is 3.43. The zero-order valence-electron chi connectivity index (χ0n) is 13.4. The molecule has 0 heterocycles. The topological polar surface area (TPSA) is 63.6 Å². The van der Waals surface area contributed by atoms with Crippen molar-refractivity contribution in [1.29, 1.82) is 0 Å². The first-order valence-corrected chi connectivity index (χ1v) is 7.55. The lowest BCUT2D eigenvalue weighted by Gasteiger charge is -2.36. The van der Waals surface area contributed by atoms with Crippen molar-refractivity contribution in [2.24, 2.45) is 11.3 Å². The third kappa shape index (κ3) is 2.14. The van der Waals surface area contributed by atoms with Gasteiger partial charge in [-0.2, -0.15) is 0 Å². The number of aliphatic hydroxyl groups is 1. The molecule has 22 heavy (non-hydrogen) atoms. The number of Topliss-reactive ketones (excluding diaryl/α,β-unsaturated/α-hetero) is 1. The number of carbonyl (C=O) groups is 2. The number of ether oxygens (including phenoxy) is 1. The van der Waals surface area contributed by atoms with Gasteiger partial charge in [-0.15, -0.1) is 0 Å². The quantitative estimate of drug-likeness (QED) is 0.684. The highest BCUT2D eigenvalue weighted by Gasteiger charge is 2.62. The van der Waals surface area contributed by atoms with Crippen LogP contribution in [0.2, 0.25) is 0 Å². The molecule has 0 radical (unpaired) electrons. The largest absolute Gasteiger partial charge is 0.504 e. The minimum absolute atomic E-state index is 0.196. The summed E-state index contributed by atoms with van der Waals surface area (Å²) < 4.78 is 5.21. The summed E-state index contributed by atoms with van der Waals surface area (Å²) in [7, 11) is 0. The molecule has 2 rings (SSSR count). The highest BCUT2D eigenvalue weighted by molar-refractivity contribution is 6.15. The number of rotatable bonds is 4. The van der Waals surface area contributed by atoms with E-state index in [-0.39, 0.29) is 18.3 Å². The Balaban J connectivity index is 2.69. The number of carbonyl (C=O) groups excluding carboxylic acids is 2. The van der Waals surface area contributed by atoms with E-state index in [2.05, 4.69) is 0 Å². The van der Waals surface area contributed by atoms with Crippen LogP contribution in [0.5, 0.6) is 0 Å². The van der Waals surface area contributed by atoms with Crippen LogP contribution < -0.4 is 0 Å². The molecule has 0 unspecified atom stereocenters. The molecule has 0 spiro atoms. The second-order valence-corrected chi connectivity index (χ2v) is 5.95. The number of hydrogen-bond acceptors (Lipinski definition) is 4. The maximum atomic E-state index is 12.8. The standard InChI is InChI=1S/C18H22O4/c1-5-22-17(21)18(11(2)3)14(12(4)15(19)16(18)20)13-9-7-6-8-10-13/h6-11,14,19H,5H2,1-4H3/t14-,18+/m1/s1. The van der Waals surface area contributed by atoms with Crippen molar-refractivity contribution in [1.82, 2.24) is 0 Å². The molecule has 0 aliphatic heterocycles. The van der Waals surface area contributed by atoms with Crippen molar-refractivity contribution in [3.63, 3.8) is 0 Å². The fourth-order valence-corrected chi connectivity index (χ4v) is 3.43. The minimum atomic E-state index is -1.40. The predicted molar refractivity (Wildman–Crippen MR) is 83.4 cm³/mol. The van der Waals surface area contributed by atoms with Crippen LogP contribution in [0.3, 0.4) is 0 Å². The molecule has 1 aliphatic rings. The summed E-state index contributed by atoms with van der Waals surface area (Å²) in [4.78, 5) is 25.5. The van der Waals surface area contributed by atoms with Crippen molar-refractivity contribution >= 4 is 11.8 Å². The Morgan fingerprint density at radius 2 is 1.91 bits per heavy atom. The SMILES string of the molecule is CCOC(=O)[C@]1(C(C)C)C(=O)C(O)=C(C)[C@@H]1c1ccccc1. The van der Waals surface area contributed by atoms with E-state index >= 15 is 0 Å². The molecule has 0 aromatic heterocycles. The van der Waals surface area contributed by atoms with Crippen molar-refractivity contribution < 1.29 is 19.4 Å². The average molecular weight is 302 g/mol. The Kier molecular flexibility index (Phi) is 4.40. The zero-order chi connectivity index (χ0) is 16.5. The highest BCUT2D eigenvalue weighted by Crippen LogP contribution is 2.54. The van der Waals surface area contributed by atoms with Crippen LogP contribution in [-0.4, -0.2) is 23.5 Å². The smallest absolute Gasteiger partial charge is 0.321 e. The Hall–Kier alpha value is -2.10. The van der Waals surface area contributed by atoms with Gasteiger partial charge in [-0.1, -0.05) is 44.2 Å². The first kappa shape index (κ1) is 16.3. The molecular formula is C18H22O4. The van der Waals surface area contributed by atoms with Gasteiger partial charge in [-0.25, -0.2) is 0 Å². The van der Waals surface area contributed by atoms with Crippen LogP contribution in [-0.2, 0) is 14.3 Å². The van der Waals surface area contributed by atoms with Gasteiger partial charge in [-0.05, 0) is 30.9 Å². The maximum absolute atomic E-state index is 12.8. The Morgan fingerprint density at radius 1 is 1.32 bits per heavy atom. The molecule has 118 valence electrons. The molecule has 0 fully saturated rings. The summed E-state index contributed by atoms with van der Waals surface area (Å²) in [6.45, 7) is 7.24. The number of hydrogen-bond donors (Lipinski definition) is 1. The highest BCUT2D eigenvalue weighted by atomic mass is 16.5. The van der Waals surface area contributed by atoms with E-state index in [9.17, 15) is 14.7 Å². The molecule has 1 N–H and O–H groups in total. The molecule has 1 aromatic rings. The molecule has 1 aliphatic carbocycles. The summed E-state index contributed by atoms with van der Waals surface area (Å²) in [6, 6.07) is 9.34. The van der Waals surface area contributed by atoms with Crippen LogP contribution in [0.15, 0.2) is 41.7 Å². The Labute approximate surface area is 130 Å². The van der Waals surface area contributed by atoms with E-state index in [1.54, 1.807) is 13.8 Å². The Bertz CT molecular complexity index is 615. The summed E-state index contributed by atoms with van der Waals surface area (Å²) in [5, 5.41) is 10.2. The molecule has 1 aromatic carbocycles. The molecule has 0 bridgehead atoms. The lowest BCUT2D eigenvalue weighted by atomic mass is 9.64. The molecule has 0 saturated carbocycles. The molecule has 4 heteroatoms. The maximum Gasteiger partial charge on any atom is 0.321 e. The van der Waals surface area contributed by atoms with Crippen LogP contribution in [0.4, 0.5) is 0 Å². The van der Waals surface area contributed by atoms with Crippen LogP contribution in [0.25, 0.3) is 0 Å². The minimum Gasteiger partial charge on any atom is -0.504 e. The van der Waals surface area contributed by atoms with Crippen molar-refractivity contribution in [3.8, 4) is 0 Å². The zero-order valence-corrected chi connectivity index (χ0v) is 13.4. The van der Waals surface area contributed by atoms with Gasteiger partial charge in [-0.3, -0.25) is 9.59 Å². The molecule has 0 saturated heterocycles. The van der Waals surface area contributed by atoms with Gasteiger partial charge < -0.3 is 9.84 Å². The second kappa shape index (κ2) is 5.95. The van der Waals surface area contributed by atoms with Gasteiger partial charge in [0.05, 0.1) is 6.61 Å². The number of allylic oxidation sites excluding steroid dienone is 2. The van der Waals surface area contributed by atoms with Gasteiger partial charge in [0.15, 0.2) is 5.76 Å². The fraction of sp³-hybridized carbons (Fsp3) is 0.444. The summed E-state index contributed by atoms with van der Waals surface area (Å²) in [5.41, 5.74) is -0.0389. The van der Waals surface area contributed by atoms with E-state index < -0.39 is 23.1 Å². The molecule has 4 nitrogen and oxygen atoms in total. The van der Waals surface area contributed by atoms with Gasteiger partial charge in [0.1, 0.15) is 5.41 Å². The van der Waals surface area contributed by atoms with E-state index in [1.165, 1.54) is 0 Å². The van der Waals surface area contributed by atoms with Gasteiger partial charge >= 0.3 is 5.97 Å². The van der Waals surface area contributed by atoms with Gasteiger partial charge in [0, 0.05) is 5.92 Å². The molecular weight excluding hydrogens is 280 g/mol. The van der Waals surface area contributed by atoms with Gasteiger partial charge in [0.25, 0.3) is 0 Å². The van der Waals surface area contributed by atoms with Crippen molar-refractivity contribution in [2.75, 3.05) is 6.61 Å². The normalized spacial score (nSPS) is 25.0. The van der Waals surface area contributed by atoms with E-state index in [1.807, 2.05) is 44.2 Å². The van der Waals surface area contributed by atoms with Crippen LogP contribution in [0.1, 0.15) is 39.2 Å². The Morgan fingerprint density at radius 3 is 2.41 bits per heavy atom. The van der Waals surface area contributed by atoms with E-state index in [4.69, 9.17) is 4.74 Å². The van der Waals surface area contributed by atoms with E-state index in [0.717, 1.165) is 5.56 Å². The summed E-state index contributed by atoms with van der Waals surface area (Å²) in [5.74, 6) is -2.21. The molecule has 0 amide bonds. The number of benzene rings is 1. The average Bonchev–Trinajstić information content (AvgIpc) is 2.70. The third-order valence-corrected chi connectivity index (χ3v) is 4.51.